The Kier molecular flexibility index (Phi) is 5.24. The first-order valence-electron chi connectivity index (χ1n) is 6.95. The molecule has 0 spiro atoms. The number of nitrogens with zero attached hydrogens (tertiary/aromatic N) is 1. The largest absolute Gasteiger partial charge is 0.491 e. The maximum atomic E-state index is 5.77. The minimum absolute atomic E-state index is 0.410. The molecule has 20 heavy (non-hydrogen) atoms. The lowest BCUT2D eigenvalue weighted by Gasteiger charge is -2.14. The quantitative estimate of drug-likeness (QED) is 0.773. The maximum Gasteiger partial charge on any atom is 0.191 e. The van der Waals surface area contributed by atoms with Crippen molar-refractivity contribution in [1.29, 1.82) is 0 Å². The number of aryl methyl sites for hydroxylation is 1. The molecule has 0 amide bonds. The number of benzene rings is 1. The van der Waals surface area contributed by atoms with E-state index in [0.717, 1.165) is 23.8 Å². The van der Waals surface area contributed by atoms with Crippen LogP contribution in [-0.2, 0) is 11.3 Å². The predicted octanol–water partition coefficient (Wildman–Crippen LogP) is 1.46. The van der Waals surface area contributed by atoms with Gasteiger partial charge < -0.3 is 20.1 Å². The minimum Gasteiger partial charge on any atom is -0.491 e. The summed E-state index contributed by atoms with van der Waals surface area (Å²) in [4.78, 5) is 4.39. The molecule has 1 aromatic rings. The highest BCUT2D eigenvalue weighted by molar-refractivity contribution is 5.81. The Morgan fingerprint density at radius 3 is 2.95 bits per heavy atom. The van der Waals surface area contributed by atoms with Crippen LogP contribution in [0.5, 0.6) is 5.75 Å². The van der Waals surface area contributed by atoms with Gasteiger partial charge in [-0.2, -0.15) is 0 Å². The van der Waals surface area contributed by atoms with Gasteiger partial charge in [0.1, 0.15) is 12.4 Å². The molecular weight excluding hydrogens is 254 g/mol. The molecular formula is C15H23N3O2. The zero-order chi connectivity index (χ0) is 14.4. The Labute approximate surface area is 120 Å². The van der Waals surface area contributed by atoms with Crippen molar-refractivity contribution >= 4 is 5.96 Å². The van der Waals surface area contributed by atoms with Crippen LogP contribution in [0.1, 0.15) is 18.1 Å². The van der Waals surface area contributed by atoms with Crippen molar-refractivity contribution in [2.45, 2.75) is 26.4 Å². The van der Waals surface area contributed by atoms with Crippen LogP contribution < -0.4 is 15.4 Å². The van der Waals surface area contributed by atoms with Crippen molar-refractivity contribution in [2.75, 3.05) is 26.9 Å². The maximum absolute atomic E-state index is 5.77. The van der Waals surface area contributed by atoms with Crippen LogP contribution in [0.3, 0.4) is 0 Å². The first-order chi connectivity index (χ1) is 9.69. The first-order valence-corrected chi connectivity index (χ1v) is 6.95. The number of hydrogen-bond donors (Lipinski definition) is 2. The van der Waals surface area contributed by atoms with Crippen LogP contribution in [0.2, 0.25) is 0 Å². The highest BCUT2D eigenvalue weighted by atomic mass is 16.5. The minimum atomic E-state index is 0.410. The van der Waals surface area contributed by atoms with Crippen LogP contribution in [-0.4, -0.2) is 38.9 Å². The highest BCUT2D eigenvalue weighted by Crippen LogP contribution is 2.20. The molecule has 1 aromatic carbocycles. The van der Waals surface area contributed by atoms with Crippen LogP contribution >= 0.6 is 0 Å². The molecule has 1 aliphatic heterocycles. The van der Waals surface area contributed by atoms with Gasteiger partial charge in [-0.1, -0.05) is 12.1 Å². The molecule has 0 saturated carbocycles. The molecule has 110 valence electrons. The Balaban J connectivity index is 1.95. The van der Waals surface area contributed by atoms with Crippen molar-refractivity contribution in [3.05, 3.63) is 29.3 Å². The van der Waals surface area contributed by atoms with Gasteiger partial charge in [0.25, 0.3) is 0 Å². The predicted molar refractivity (Wildman–Crippen MR) is 80.3 cm³/mol. The van der Waals surface area contributed by atoms with Gasteiger partial charge in [-0.3, -0.25) is 4.99 Å². The third kappa shape index (κ3) is 4.13. The van der Waals surface area contributed by atoms with E-state index in [1.54, 1.807) is 7.11 Å². The number of methoxy groups -OCH3 is 1. The fourth-order valence-corrected chi connectivity index (χ4v) is 2.02. The third-order valence-electron chi connectivity index (χ3n) is 3.12. The molecule has 1 unspecified atom stereocenters. The number of hydrogen-bond acceptors (Lipinski definition) is 5. The van der Waals surface area contributed by atoms with Crippen LogP contribution in [0, 0.1) is 6.92 Å². The fourth-order valence-electron chi connectivity index (χ4n) is 2.02. The number of rotatable bonds is 6. The second-order valence-electron chi connectivity index (χ2n) is 5.04. The van der Waals surface area contributed by atoms with Gasteiger partial charge in [0, 0.05) is 25.3 Å². The SMILES string of the molecule is COCCOc1cc(C)ccc1CNC1=NCC(C)N1. The molecule has 5 nitrogen and oxygen atoms in total. The summed E-state index contributed by atoms with van der Waals surface area (Å²) in [5.74, 6) is 1.77. The van der Waals surface area contributed by atoms with Gasteiger partial charge in [-0.05, 0) is 25.5 Å². The van der Waals surface area contributed by atoms with E-state index in [0.29, 0.717) is 25.8 Å². The molecule has 0 aromatic heterocycles. The molecule has 1 atom stereocenters. The lowest BCUT2D eigenvalue weighted by molar-refractivity contribution is 0.145. The van der Waals surface area contributed by atoms with Gasteiger partial charge >= 0.3 is 0 Å². The van der Waals surface area contributed by atoms with Crippen LogP contribution in [0.25, 0.3) is 0 Å². The summed E-state index contributed by atoms with van der Waals surface area (Å²) in [5, 5.41) is 6.59. The second-order valence-corrected chi connectivity index (χ2v) is 5.04. The molecule has 2 rings (SSSR count). The van der Waals surface area contributed by atoms with Crippen molar-refractivity contribution in [3.63, 3.8) is 0 Å². The monoisotopic (exact) mass is 277 g/mol. The third-order valence-corrected chi connectivity index (χ3v) is 3.12. The van der Waals surface area contributed by atoms with Crippen molar-refractivity contribution in [1.82, 2.24) is 10.6 Å². The number of guanidine groups is 1. The lowest BCUT2D eigenvalue weighted by Crippen LogP contribution is -2.37. The average molecular weight is 277 g/mol. The van der Waals surface area contributed by atoms with Gasteiger partial charge in [-0.15, -0.1) is 0 Å². The van der Waals surface area contributed by atoms with Gasteiger partial charge in [0.05, 0.1) is 13.2 Å². The second kappa shape index (κ2) is 7.14. The van der Waals surface area contributed by atoms with Gasteiger partial charge in [0.2, 0.25) is 0 Å². The van der Waals surface area contributed by atoms with Crippen molar-refractivity contribution < 1.29 is 9.47 Å². The molecule has 0 saturated heterocycles. The summed E-state index contributed by atoms with van der Waals surface area (Å²) < 4.78 is 10.8. The molecule has 0 aliphatic carbocycles. The molecule has 0 radical (unpaired) electrons. The Bertz CT molecular complexity index is 474. The number of ether oxygens (including phenoxy) is 2. The number of aliphatic imine (C=N–C) groups is 1. The standard InChI is InChI=1S/C15H23N3O2/c1-11-4-5-13(14(8-11)20-7-6-19-3)10-17-15-16-9-12(2)18-15/h4-5,8,12H,6-7,9-10H2,1-3H3,(H2,16,17,18). The lowest BCUT2D eigenvalue weighted by atomic mass is 10.1. The van der Waals surface area contributed by atoms with E-state index < -0.39 is 0 Å². The van der Waals surface area contributed by atoms with Crippen LogP contribution in [0.15, 0.2) is 23.2 Å². The molecule has 1 aliphatic rings. The van der Waals surface area contributed by atoms with E-state index in [4.69, 9.17) is 9.47 Å². The zero-order valence-electron chi connectivity index (χ0n) is 12.4. The topological polar surface area (TPSA) is 54.9 Å². The average Bonchev–Trinajstić information content (AvgIpc) is 2.84. The first kappa shape index (κ1) is 14.7. The van der Waals surface area contributed by atoms with E-state index in [1.807, 2.05) is 0 Å². The summed E-state index contributed by atoms with van der Waals surface area (Å²) in [7, 11) is 1.67. The fraction of sp³-hybridized carbons (Fsp3) is 0.533. The van der Waals surface area contributed by atoms with E-state index >= 15 is 0 Å². The van der Waals surface area contributed by atoms with E-state index in [1.165, 1.54) is 5.56 Å². The van der Waals surface area contributed by atoms with E-state index in [2.05, 4.69) is 47.7 Å². The molecule has 0 fully saturated rings. The summed E-state index contributed by atoms with van der Waals surface area (Å²) in [6, 6.07) is 6.64. The zero-order valence-corrected chi connectivity index (χ0v) is 12.4. The molecule has 1 heterocycles. The molecule has 5 heteroatoms. The van der Waals surface area contributed by atoms with Crippen LogP contribution in [0.4, 0.5) is 0 Å². The highest BCUT2D eigenvalue weighted by Gasteiger charge is 2.12. The summed E-state index contributed by atoms with van der Waals surface area (Å²) >= 11 is 0. The number of nitrogens with one attached hydrogen (secondary N) is 2. The van der Waals surface area contributed by atoms with E-state index in [9.17, 15) is 0 Å². The van der Waals surface area contributed by atoms with Gasteiger partial charge in [-0.25, -0.2) is 0 Å². The Morgan fingerprint density at radius 1 is 1.40 bits per heavy atom. The Hall–Kier alpha value is -1.75. The summed E-state index contributed by atoms with van der Waals surface area (Å²) in [6.07, 6.45) is 0. The smallest absolute Gasteiger partial charge is 0.191 e. The Morgan fingerprint density at radius 2 is 2.25 bits per heavy atom. The molecule has 0 bridgehead atoms. The normalized spacial score (nSPS) is 17.6. The van der Waals surface area contributed by atoms with Crippen molar-refractivity contribution in [2.24, 2.45) is 4.99 Å². The van der Waals surface area contributed by atoms with Gasteiger partial charge in [0.15, 0.2) is 5.96 Å². The van der Waals surface area contributed by atoms with E-state index in [-0.39, 0.29) is 0 Å². The summed E-state index contributed by atoms with van der Waals surface area (Å²) in [5.41, 5.74) is 2.31. The van der Waals surface area contributed by atoms with Crippen molar-refractivity contribution in [3.8, 4) is 5.75 Å². The molecule has 2 N–H and O–H groups in total. The summed E-state index contributed by atoms with van der Waals surface area (Å²) in [6.45, 7) is 6.85.